The maximum absolute atomic E-state index is 11.7. The van der Waals surface area contributed by atoms with Gasteiger partial charge >= 0.3 is 0 Å². The minimum Gasteiger partial charge on any atom is -0.353 e. The molecule has 1 aromatic rings. The molecule has 2 aliphatic rings. The minimum absolute atomic E-state index is 0.174. The van der Waals surface area contributed by atoms with E-state index in [9.17, 15) is 4.79 Å². The van der Waals surface area contributed by atoms with Crippen LogP contribution in [0.3, 0.4) is 0 Å². The highest BCUT2D eigenvalue weighted by molar-refractivity contribution is 5.76. The summed E-state index contributed by atoms with van der Waals surface area (Å²) in [6.45, 7) is 2.91. The molecular weight excluding hydrogens is 240 g/mol. The molecular formula is C14H22N4O. The summed E-state index contributed by atoms with van der Waals surface area (Å²) in [5.74, 6) is 0.766. The van der Waals surface area contributed by atoms with Crippen molar-refractivity contribution in [3.8, 4) is 0 Å². The molecule has 2 fully saturated rings. The second kappa shape index (κ2) is 5.74. The van der Waals surface area contributed by atoms with E-state index in [1.807, 2.05) is 12.5 Å². The molecule has 0 radical (unpaired) electrons. The lowest BCUT2D eigenvalue weighted by molar-refractivity contribution is -0.121. The quantitative estimate of drug-likeness (QED) is 0.833. The number of carbonyl (C=O) groups excluding carboxylic acids is 1. The second-order valence-electron chi connectivity index (χ2n) is 5.63. The van der Waals surface area contributed by atoms with Crippen molar-refractivity contribution in [3.05, 3.63) is 18.2 Å². The number of imidazole rings is 1. The van der Waals surface area contributed by atoms with Crippen molar-refractivity contribution in [1.29, 1.82) is 0 Å². The van der Waals surface area contributed by atoms with Crippen LogP contribution in [0.2, 0.25) is 0 Å². The van der Waals surface area contributed by atoms with Crippen molar-refractivity contribution in [2.45, 2.75) is 50.6 Å². The zero-order valence-electron chi connectivity index (χ0n) is 11.3. The van der Waals surface area contributed by atoms with Crippen molar-refractivity contribution in [2.75, 3.05) is 13.1 Å². The molecule has 0 aromatic carbocycles. The van der Waals surface area contributed by atoms with Crippen molar-refractivity contribution >= 4 is 5.91 Å². The van der Waals surface area contributed by atoms with E-state index in [0.717, 1.165) is 32.5 Å². The maximum Gasteiger partial charge on any atom is 0.222 e. The van der Waals surface area contributed by atoms with Gasteiger partial charge in [0, 0.05) is 36.8 Å². The summed E-state index contributed by atoms with van der Waals surface area (Å²) in [5.41, 5.74) is 1.29. The van der Waals surface area contributed by atoms with Gasteiger partial charge in [0.2, 0.25) is 5.91 Å². The fourth-order valence-electron chi connectivity index (χ4n) is 2.72. The van der Waals surface area contributed by atoms with Crippen LogP contribution >= 0.6 is 0 Å². The number of hydrogen-bond acceptors (Lipinski definition) is 3. The Morgan fingerprint density at radius 3 is 2.89 bits per heavy atom. The van der Waals surface area contributed by atoms with Crippen molar-refractivity contribution < 1.29 is 4.79 Å². The van der Waals surface area contributed by atoms with E-state index in [-0.39, 0.29) is 5.91 Å². The Kier molecular flexibility index (Phi) is 3.82. The Morgan fingerprint density at radius 1 is 1.37 bits per heavy atom. The van der Waals surface area contributed by atoms with Crippen LogP contribution in [-0.2, 0) is 11.3 Å². The predicted octanol–water partition coefficient (Wildman–Crippen LogP) is 1.02. The van der Waals surface area contributed by atoms with Crippen molar-refractivity contribution in [1.82, 2.24) is 20.2 Å². The molecule has 1 aromatic heterocycles. The molecule has 2 N–H and O–H groups in total. The fraction of sp³-hybridized carbons (Fsp3) is 0.714. The van der Waals surface area contributed by atoms with Gasteiger partial charge in [-0.2, -0.15) is 0 Å². The van der Waals surface area contributed by atoms with Crippen LogP contribution in [0.25, 0.3) is 0 Å². The Bertz CT molecular complexity index is 432. The largest absolute Gasteiger partial charge is 0.353 e. The first-order valence-corrected chi connectivity index (χ1v) is 7.33. The highest BCUT2D eigenvalue weighted by atomic mass is 16.1. The van der Waals surface area contributed by atoms with E-state index in [1.54, 1.807) is 0 Å². The smallest absolute Gasteiger partial charge is 0.222 e. The fourth-order valence-corrected chi connectivity index (χ4v) is 2.72. The van der Waals surface area contributed by atoms with Gasteiger partial charge in [0.15, 0.2) is 0 Å². The summed E-state index contributed by atoms with van der Waals surface area (Å²) in [7, 11) is 0. The van der Waals surface area contributed by atoms with Gasteiger partial charge in [-0.1, -0.05) is 0 Å². The second-order valence-corrected chi connectivity index (χ2v) is 5.63. The third kappa shape index (κ3) is 3.35. The van der Waals surface area contributed by atoms with Crippen LogP contribution in [0.1, 0.15) is 43.7 Å². The number of rotatable bonds is 5. The van der Waals surface area contributed by atoms with Gasteiger partial charge in [-0.25, -0.2) is 4.98 Å². The first kappa shape index (κ1) is 12.7. The van der Waals surface area contributed by atoms with Crippen LogP contribution in [0, 0.1) is 0 Å². The maximum atomic E-state index is 11.7. The van der Waals surface area contributed by atoms with Gasteiger partial charge in [0.1, 0.15) is 0 Å². The number of aromatic nitrogens is 2. The highest BCUT2D eigenvalue weighted by Crippen LogP contribution is 2.25. The number of piperidine rings is 1. The van der Waals surface area contributed by atoms with Crippen LogP contribution in [0.4, 0.5) is 0 Å². The number of amides is 1. The van der Waals surface area contributed by atoms with Gasteiger partial charge in [-0.05, 0) is 38.8 Å². The number of nitrogens with one attached hydrogen (secondary N) is 2. The lowest BCUT2D eigenvalue weighted by Crippen LogP contribution is -2.28. The van der Waals surface area contributed by atoms with E-state index in [2.05, 4.69) is 20.2 Å². The average Bonchev–Trinajstić information content (AvgIpc) is 3.12. The molecule has 1 aliphatic heterocycles. The molecule has 5 nitrogen and oxygen atoms in total. The molecule has 0 atom stereocenters. The SMILES string of the molecule is O=C(CCn1cncc1C1CCNCC1)NC1CC1. The summed E-state index contributed by atoms with van der Waals surface area (Å²) < 4.78 is 2.16. The molecule has 0 unspecified atom stereocenters. The van der Waals surface area contributed by atoms with Gasteiger partial charge in [0.05, 0.1) is 6.33 Å². The van der Waals surface area contributed by atoms with E-state index in [0.29, 0.717) is 18.4 Å². The van der Waals surface area contributed by atoms with Gasteiger partial charge < -0.3 is 15.2 Å². The predicted molar refractivity (Wildman–Crippen MR) is 72.9 cm³/mol. The van der Waals surface area contributed by atoms with Crippen LogP contribution in [-0.4, -0.2) is 34.6 Å². The van der Waals surface area contributed by atoms with Crippen LogP contribution < -0.4 is 10.6 Å². The first-order valence-electron chi connectivity index (χ1n) is 7.33. The third-order valence-corrected chi connectivity index (χ3v) is 4.02. The van der Waals surface area contributed by atoms with E-state index in [4.69, 9.17) is 0 Å². The third-order valence-electron chi connectivity index (χ3n) is 4.02. The Balaban J connectivity index is 1.54. The number of aryl methyl sites for hydroxylation is 1. The van der Waals surface area contributed by atoms with E-state index >= 15 is 0 Å². The molecule has 1 aliphatic carbocycles. The Labute approximate surface area is 113 Å². The number of hydrogen-bond donors (Lipinski definition) is 2. The number of carbonyl (C=O) groups is 1. The Hall–Kier alpha value is -1.36. The van der Waals surface area contributed by atoms with Gasteiger partial charge in [0.25, 0.3) is 0 Å². The zero-order chi connectivity index (χ0) is 13.1. The highest BCUT2D eigenvalue weighted by Gasteiger charge is 2.23. The van der Waals surface area contributed by atoms with Crippen LogP contribution in [0.15, 0.2) is 12.5 Å². The molecule has 0 spiro atoms. The average molecular weight is 262 g/mol. The molecule has 1 saturated heterocycles. The summed E-state index contributed by atoms with van der Waals surface area (Å²) in [4.78, 5) is 16.0. The summed E-state index contributed by atoms with van der Waals surface area (Å²) in [5, 5.41) is 6.41. The number of nitrogens with zero attached hydrogens (tertiary/aromatic N) is 2. The standard InChI is InChI=1S/C14H22N4O/c19-14(17-12-1-2-12)5-8-18-10-16-9-13(18)11-3-6-15-7-4-11/h9-12,15H,1-8H2,(H,17,19). The van der Waals surface area contributed by atoms with Crippen LogP contribution in [0.5, 0.6) is 0 Å². The van der Waals surface area contributed by atoms with Gasteiger partial charge in [-0.15, -0.1) is 0 Å². The summed E-state index contributed by atoms with van der Waals surface area (Å²) in [6, 6.07) is 0.458. The molecule has 0 bridgehead atoms. The monoisotopic (exact) mass is 262 g/mol. The molecule has 1 saturated carbocycles. The lowest BCUT2D eigenvalue weighted by atomic mass is 9.95. The summed E-state index contributed by atoms with van der Waals surface area (Å²) >= 11 is 0. The first-order chi connectivity index (χ1) is 9.33. The molecule has 1 amide bonds. The Morgan fingerprint density at radius 2 is 2.16 bits per heavy atom. The van der Waals surface area contributed by atoms with Crippen molar-refractivity contribution in [3.63, 3.8) is 0 Å². The van der Waals surface area contributed by atoms with E-state index < -0.39 is 0 Å². The summed E-state index contributed by atoms with van der Waals surface area (Å²) in [6.07, 6.45) is 9.02. The molecule has 5 heteroatoms. The zero-order valence-corrected chi connectivity index (χ0v) is 11.3. The topological polar surface area (TPSA) is 59.0 Å². The van der Waals surface area contributed by atoms with Gasteiger partial charge in [-0.3, -0.25) is 4.79 Å². The normalized spacial score (nSPS) is 20.4. The minimum atomic E-state index is 0.174. The van der Waals surface area contributed by atoms with E-state index in [1.165, 1.54) is 18.5 Å². The molecule has 3 rings (SSSR count). The lowest BCUT2D eigenvalue weighted by Gasteiger charge is -2.23. The van der Waals surface area contributed by atoms with Crippen molar-refractivity contribution in [2.24, 2.45) is 0 Å². The molecule has 19 heavy (non-hydrogen) atoms. The molecule has 104 valence electrons. The molecule has 2 heterocycles.